The highest BCUT2D eigenvalue weighted by molar-refractivity contribution is 6.00. The molecular weight excluding hydrogens is 182 g/mol. The van der Waals surface area contributed by atoms with E-state index in [1.54, 1.807) is 0 Å². The van der Waals surface area contributed by atoms with Gasteiger partial charge in [0.2, 0.25) is 0 Å². The summed E-state index contributed by atoms with van der Waals surface area (Å²) in [5.74, 6) is 0.338. The molecule has 0 aromatic carbocycles. The van der Waals surface area contributed by atoms with Gasteiger partial charge in [-0.15, -0.1) is 0 Å². The van der Waals surface area contributed by atoms with Crippen LogP contribution in [0.1, 0.15) is 5.56 Å². The van der Waals surface area contributed by atoms with Crippen molar-refractivity contribution in [3.05, 3.63) is 5.56 Å². The summed E-state index contributed by atoms with van der Waals surface area (Å²) in [6, 6.07) is 1.86. The summed E-state index contributed by atoms with van der Waals surface area (Å²) in [5.41, 5.74) is 17.4. The molecule has 7 heteroatoms. The van der Waals surface area contributed by atoms with Crippen molar-refractivity contribution in [1.29, 1.82) is 5.26 Å². The van der Waals surface area contributed by atoms with Crippen LogP contribution >= 0.6 is 0 Å². The molecule has 0 bridgehead atoms. The molecule has 0 aliphatic rings. The fourth-order valence-electron chi connectivity index (χ4n) is 1.24. The molecule has 14 heavy (non-hydrogen) atoms. The molecule has 7 nitrogen and oxygen atoms in total. The fraction of sp³-hybridized carbons (Fsp3) is 0. The van der Waals surface area contributed by atoms with Crippen molar-refractivity contribution in [3.63, 3.8) is 0 Å². The van der Waals surface area contributed by atoms with Crippen LogP contribution in [-0.2, 0) is 0 Å². The van der Waals surface area contributed by atoms with Gasteiger partial charge in [0.1, 0.15) is 23.3 Å². The molecule has 7 N–H and O–H groups in total. The summed E-state index contributed by atoms with van der Waals surface area (Å²) in [6.07, 6.45) is 0. The van der Waals surface area contributed by atoms with E-state index in [1.165, 1.54) is 0 Å². The van der Waals surface area contributed by atoms with Crippen molar-refractivity contribution in [2.24, 2.45) is 0 Å². The van der Waals surface area contributed by atoms with E-state index in [0.29, 0.717) is 11.0 Å². The maximum atomic E-state index is 8.77. The van der Waals surface area contributed by atoms with E-state index in [-0.39, 0.29) is 22.9 Å². The van der Waals surface area contributed by atoms with Gasteiger partial charge >= 0.3 is 0 Å². The van der Waals surface area contributed by atoms with Crippen LogP contribution in [0, 0.1) is 11.3 Å². The van der Waals surface area contributed by atoms with E-state index >= 15 is 0 Å². The standard InChI is InChI=1S/C7H7N7/c8-1-2-4(9)3-6(11)13-14-7(3)12-5(2)10/h(H7,9,10,11,12,13,14). The molecule has 70 valence electrons. The molecule has 2 aromatic rings. The number of fused-ring (bicyclic) bond motifs is 1. The number of nitriles is 1. The Morgan fingerprint density at radius 1 is 1.29 bits per heavy atom. The van der Waals surface area contributed by atoms with Crippen LogP contribution in [0.25, 0.3) is 11.0 Å². The quantitative estimate of drug-likeness (QED) is 0.443. The number of nitrogens with one attached hydrogen (secondary N) is 1. The number of H-pyrrole nitrogens is 1. The predicted octanol–water partition coefficient (Wildman–Crippen LogP) is -0.424. The Labute approximate surface area is 78.5 Å². The summed E-state index contributed by atoms with van der Waals surface area (Å²) in [5, 5.41) is 15.5. The van der Waals surface area contributed by atoms with E-state index in [1.807, 2.05) is 6.07 Å². The van der Waals surface area contributed by atoms with Crippen molar-refractivity contribution < 1.29 is 0 Å². The van der Waals surface area contributed by atoms with Gasteiger partial charge in [0.25, 0.3) is 0 Å². The molecule has 0 unspecified atom stereocenters. The number of rotatable bonds is 0. The Morgan fingerprint density at radius 2 is 2.00 bits per heavy atom. The second-order valence-electron chi connectivity index (χ2n) is 2.73. The minimum absolute atomic E-state index is 0.0593. The summed E-state index contributed by atoms with van der Waals surface area (Å²) in [6.45, 7) is 0. The van der Waals surface area contributed by atoms with Crippen LogP contribution in [0.2, 0.25) is 0 Å². The molecule has 2 rings (SSSR count). The molecule has 0 amide bonds. The second-order valence-corrected chi connectivity index (χ2v) is 2.73. The Kier molecular flexibility index (Phi) is 1.45. The number of nitrogens with two attached hydrogens (primary N) is 3. The van der Waals surface area contributed by atoms with Crippen LogP contribution < -0.4 is 17.2 Å². The largest absolute Gasteiger partial charge is 0.397 e. The first-order valence-electron chi connectivity index (χ1n) is 3.73. The summed E-state index contributed by atoms with van der Waals surface area (Å²) in [7, 11) is 0. The Bertz CT molecular complexity index is 547. The molecule has 0 saturated heterocycles. The zero-order valence-corrected chi connectivity index (χ0v) is 7.07. The van der Waals surface area contributed by atoms with Gasteiger partial charge in [0.15, 0.2) is 5.65 Å². The summed E-state index contributed by atoms with van der Waals surface area (Å²) >= 11 is 0. The van der Waals surface area contributed by atoms with E-state index < -0.39 is 0 Å². The van der Waals surface area contributed by atoms with Gasteiger partial charge in [-0.25, -0.2) is 4.98 Å². The first-order valence-corrected chi connectivity index (χ1v) is 3.73. The maximum absolute atomic E-state index is 8.77. The normalized spacial score (nSPS) is 10.2. The Hall–Kier alpha value is -2.49. The minimum Gasteiger partial charge on any atom is -0.397 e. The van der Waals surface area contributed by atoms with Gasteiger partial charge < -0.3 is 17.2 Å². The highest BCUT2D eigenvalue weighted by Gasteiger charge is 2.14. The number of nitrogens with zero attached hydrogens (tertiary/aromatic N) is 3. The predicted molar refractivity (Wildman–Crippen MR) is 51.8 cm³/mol. The van der Waals surface area contributed by atoms with Crippen LogP contribution in [0.15, 0.2) is 0 Å². The molecule has 0 spiro atoms. The van der Waals surface area contributed by atoms with E-state index in [2.05, 4.69) is 15.2 Å². The van der Waals surface area contributed by atoms with Crippen molar-refractivity contribution in [1.82, 2.24) is 15.2 Å². The van der Waals surface area contributed by atoms with E-state index in [4.69, 9.17) is 22.5 Å². The third kappa shape index (κ3) is 0.847. The third-order valence-electron chi connectivity index (χ3n) is 1.91. The maximum Gasteiger partial charge on any atom is 0.187 e. The molecule has 2 heterocycles. The molecule has 0 aliphatic carbocycles. The Morgan fingerprint density at radius 3 is 2.64 bits per heavy atom. The number of hydrogen-bond donors (Lipinski definition) is 4. The number of aromatic amines is 1. The van der Waals surface area contributed by atoms with Crippen molar-refractivity contribution >= 4 is 28.4 Å². The lowest BCUT2D eigenvalue weighted by molar-refractivity contribution is 1.11. The van der Waals surface area contributed by atoms with Crippen molar-refractivity contribution in [2.75, 3.05) is 17.2 Å². The minimum atomic E-state index is 0.0593. The van der Waals surface area contributed by atoms with Crippen molar-refractivity contribution in [3.8, 4) is 6.07 Å². The smallest absolute Gasteiger partial charge is 0.187 e. The van der Waals surface area contributed by atoms with E-state index in [9.17, 15) is 0 Å². The lowest BCUT2D eigenvalue weighted by Gasteiger charge is -2.01. The fourth-order valence-corrected chi connectivity index (χ4v) is 1.24. The average Bonchev–Trinajstić information content (AvgIpc) is 2.48. The second kappa shape index (κ2) is 2.50. The number of nitrogen functional groups attached to an aromatic ring is 3. The van der Waals surface area contributed by atoms with Gasteiger partial charge in [-0.3, -0.25) is 5.10 Å². The molecule has 0 saturated carbocycles. The summed E-state index contributed by atoms with van der Waals surface area (Å²) in [4.78, 5) is 3.88. The van der Waals surface area contributed by atoms with Crippen molar-refractivity contribution in [2.45, 2.75) is 0 Å². The zero-order chi connectivity index (χ0) is 10.3. The van der Waals surface area contributed by atoms with Crippen LogP contribution in [0.4, 0.5) is 17.3 Å². The lowest BCUT2D eigenvalue weighted by atomic mass is 10.2. The number of hydrogen-bond acceptors (Lipinski definition) is 6. The van der Waals surface area contributed by atoms with Crippen LogP contribution in [0.5, 0.6) is 0 Å². The molecule has 0 atom stereocenters. The number of aromatic nitrogens is 3. The average molecular weight is 189 g/mol. The zero-order valence-electron chi connectivity index (χ0n) is 7.07. The van der Waals surface area contributed by atoms with Gasteiger partial charge in [0, 0.05) is 0 Å². The Balaban J connectivity index is 2.98. The highest BCUT2D eigenvalue weighted by atomic mass is 15.2. The molecule has 0 radical (unpaired) electrons. The third-order valence-corrected chi connectivity index (χ3v) is 1.91. The molecular formula is C7H7N7. The first kappa shape index (κ1) is 8.12. The summed E-state index contributed by atoms with van der Waals surface area (Å²) < 4.78 is 0. The van der Waals surface area contributed by atoms with Crippen LogP contribution in [0.3, 0.4) is 0 Å². The van der Waals surface area contributed by atoms with E-state index in [0.717, 1.165) is 0 Å². The van der Waals surface area contributed by atoms with Crippen LogP contribution in [-0.4, -0.2) is 15.2 Å². The molecule has 2 aromatic heterocycles. The highest BCUT2D eigenvalue weighted by Crippen LogP contribution is 2.28. The molecule has 0 aliphatic heterocycles. The van der Waals surface area contributed by atoms with Gasteiger partial charge in [-0.2, -0.15) is 10.4 Å². The van der Waals surface area contributed by atoms with Gasteiger partial charge in [0.05, 0.1) is 11.1 Å². The SMILES string of the molecule is N#Cc1c(N)nc2n[nH]c(N)c2c1N. The number of pyridine rings is 1. The monoisotopic (exact) mass is 189 g/mol. The molecule has 0 fully saturated rings. The first-order chi connectivity index (χ1) is 6.65. The van der Waals surface area contributed by atoms with Gasteiger partial charge in [-0.05, 0) is 0 Å². The van der Waals surface area contributed by atoms with Gasteiger partial charge in [-0.1, -0.05) is 0 Å². The topological polar surface area (TPSA) is 143 Å². The lowest BCUT2D eigenvalue weighted by Crippen LogP contribution is -2.01. The number of anilines is 3.